The second kappa shape index (κ2) is 8.73. The number of amides is 2. The van der Waals surface area contributed by atoms with Gasteiger partial charge in [-0.15, -0.1) is 11.3 Å². The highest BCUT2D eigenvalue weighted by Crippen LogP contribution is 2.26. The first-order valence-corrected chi connectivity index (χ1v) is 11.6. The largest absolute Gasteiger partial charge is 0.335 e. The van der Waals surface area contributed by atoms with Gasteiger partial charge in [-0.3, -0.25) is 9.59 Å². The van der Waals surface area contributed by atoms with Crippen molar-refractivity contribution in [2.75, 3.05) is 26.2 Å². The first-order valence-electron chi connectivity index (χ1n) is 10.4. The summed E-state index contributed by atoms with van der Waals surface area (Å²) in [6.45, 7) is 1.98. The maximum atomic E-state index is 13.1. The molecule has 5 nitrogen and oxygen atoms in total. The van der Waals surface area contributed by atoms with Crippen molar-refractivity contribution >= 4 is 45.5 Å². The van der Waals surface area contributed by atoms with Gasteiger partial charge in [-0.25, -0.2) is 4.98 Å². The summed E-state index contributed by atoms with van der Waals surface area (Å²) >= 11 is 7.39. The summed E-state index contributed by atoms with van der Waals surface area (Å²) < 4.78 is 0. The Kier molecular flexibility index (Phi) is 5.64. The highest BCUT2D eigenvalue weighted by molar-refractivity contribution is 7.13. The van der Waals surface area contributed by atoms with Crippen LogP contribution >= 0.6 is 22.9 Å². The van der Waals surface area contributed by atoms with Crippen molar-refractivity contribution in [2.24, 2.45) is 0 Å². The minimum absolute atomic E-state index is 0.00702. The molecule has 3 aromatic carbocycles. The van der Waals surface area contributed by atoms with Crippen LogP contribution in [0.5, 0.6) is 0 Å². The van der Waals surface area contributed by atoms with Crippen molar-refractivity contribution in [1.82, 2.24) is 14.8 Å². The van der Waals surface area contributed by atoms with E-state index in [0.29, 0.717) is 42.5 Å². The van der Waals surface area contributed by atoms with Gasteiger partial charge < -0.3 is 9.80 Å². The first-order chi connectivity index (χ1) is 15.6. The van der Waals surface area contributed by atoms with Gasteiger partial charge in [0.25, 0.3) is 11.8 Å². The fraction of sp³-hybridized carbons (Fsp3) is 0.160. The van der Waals surface area contributed by atoms with E-state index in [4.69, 9.17) is 11.6 Å². The van der Waals surface area contributed by atoms with E-state index in [1.165, 1.54) is 11.3 Å². The molecule has 1 aromatic heterocycles. The Morgan fingerprint density at radius 3 is 2.22 bits per heavy atom. The predicted molar refractivity (Wildman–Crippen MR) is 128 cm³/mol. The van der Waals surface area contributed by atoms with E-state index in [1.54, 1.807) is 10.3 Å². The number of carbonyl (C=O) groups excluding carboxylic acids is 2. The van der Waals surface area contributed by atoms with Crippen LogP contribution in [0.1, 0.15) is 20.8 Å². The average molecular weight is 462 g/mol. The number of hydrogen-bond donors (Lipinski definition) is 0. The van der Waals surface area contributed by atoms with Gasteiger partial charge in [-0.05, 0) is 29.0 Å². The Labute approximate surface area is 194 Å². The molecule has 1 aliphatic rings. The lowest BCUT2D eigenvalue weighted by molar-refractivity contribution is 0.0534. The van der Waals surface area contributed by atoms with Crippen molar-refractivity contribution in [3.05, 3.63) is 88.4 Å². The van der Waals surface area contributed by atoms with E-state index in [0.717, 1.165) is 21.3 Å². The minimum atomic E-state index is -0.0984. The van der Waals surface area contributed by atoms with Gasteiger partial charge in [-0.2, -0.15) is 0 Å². The summed E-state index contributed by atoms with van der Waals surface area (Å²) in [6, 6.07) is 21.1. The number of fused-ring (bicyclic) bond motifs is 1. The minimum Gasteiger partial charge on any atom is -0.335 e. The number of hydrogen-bond acceptors (Lipinski definition) is 4. The Bertz CT molecular complexity index is 1290. The van der Waals surface area contributed by atoms with Gasteiger partial charge in [0, 0.05) is 47.7 Å². The van der Waals surface area contributed by atoms with Crippen LogP contribution in [0, 0.1) is 0 Å². The highest BCUT2D eigenvalue weighted by atomic mass is 35.5. The zero-order valence-electron chi connectivity index (χ0n) is 17.2. The summed E-state index contributed by atoms with van der Waals surface area (Å²) in [4.78, 5) is 34.2. The standard InChI is InChI=1S/C25H20ClN3O2S/c26-19-10-8-18(9-11-19)23-27-22(16-32-23)25(31)29-14-12-28(13-15-29)24(30)21-7-3-5-17-4-1-2-6-20(17)21/h1-11,16H,12-15H2. The Morgan fingerprint density at radius 1 is 0.812 bits per heavy atom. The second-order valence-corrected chi connectivity index (χ2v) is 8.95. The molecule has 1 saturated heterocycles. The molecule has 2 amide bonds. The zero-order chi connectivity index (χ0) is 22.1. The molecule has 0 spiro atoms. The Hall–Kier alpha value is -3.22. The molecule has 0 aliphatic carbocycles. The normalized spacial score (nSPS) is 14.0. The SMILES string of the molecule is O=C(c1csc(-c2ccc(Cl)cc2)n1)N1CCN(C(=O)c2cccc3ccccc23)CC1. The fourth-order valence-electron chi connectivity index (χ4n) is 3.95. The van der Waals surface area contributed by atoms with Crippen LogP contribution in [0.2, 0.25) is 5.02 Å². The van der Waals surface area contributed by atoms with E-state index >= 15 is 0 Å². The monoisotopic (exact) mass is 461 g/mol. The maximum Gasteiger partial charge on any atom is 0.273 e. The van der Waals surface area contributed by atoms with Crippen LogP contribution in [-0.2, 0) is 0 Å². The molecule has 32 heavy (non-hydrogen) atoms. The second-order valence-electron chi connectivity index (χ2n) is 7.66. The van der Waals surface area contributed by atoms with Crippen LogP contribution in [-0.4, -0.2) is 52.8 Å². The Morgan fingerprint density at radius 2 is 1.47 bits per heavy atom. The van der Waals surface area contributed by atoms with Crippen LogP contribution in [0.3, 0.4) is 0 Å². The summed E-state index contributed by atoms with van der Waals surface area (Å²) in [5.74, 6) is -0.0914. The smallest absolute Gasteiger partial charge is 0.273 e. The molecular formula is C25H20ClN3O2S. The molecule has 0 saturated carbocycles. The number of carbonyl (C=O) groups is 2. The summed E-state index contributed by atoms with van der Waals surface area (Å²) in [5.41, 5.74) is 2.08. The average Bonchev–Trinajstić information content (AvgIpc) is 3.34. The van der Waals surface area contributed by atoms with Gasteiger partial charge in [-0.1, -0.05) is 60.1 Å². The van der Waals surface area contributed by atoms with Crippen LogP contribution in [0.15, 0.2) is 72.1 Å². The molecular weight excluding hydrogens is 442 g/mol. The molecule has 1 aliphatic heterocycles. The topological polar surface area (TPSA) is 53.5 Å². The third kappa shape index (κ3) is 3.99. The first kappa shape index (κ1) is 20.7. The van der Waals surface area contributed by atoms with Crippen molar-refractivity contribution in [2.45, 2.75) is 0 Å². The summed E-state index contributed by atoms with van der Waals surface area (Å²) in [5, 5.41) is 5.25. The van der Waals surface area contributed by atoms with Crippen molar-refractivity contribution in [3.8, 4) is 10.6 Å². The van der Waals surface area contributed by atoms with Gasteiger partial charge in [0.15, 0.2) is 0 Å². The zero-order valence-corrected chi connectivity index (χ0v) is 18.8. The number of halogens is 1. The van der Waals surface area contributed by atoms with E-state index in [9.17, 15) is 9.59 Å². The highest BCUT2D eigenvalue weighted by Gasteiger charge is 2.27. The number of nitrogens with zero attached hydrogens (tertiary/aromatic N) is 3. The molecule has 1 fully saturated rings. The molecule has 160 valence electrons. The number of benzene rings is 3. The lowest BCUT2D eigenvalue weighted by atomic mass is 10.0. The summed E-state index contributed by atoms with van der Waals surface area (Å²) in [6.07, 6.45) is 0. The molecule has 0 bridgehead atoms. The molecule has 0 unspecified atom stereocenters. The lowest BCUT2D eigenvalue weighted by Crippen LogP contribution is -2.50. The quantitative estimate of drug-likeness (QED) is 0.420. The molecule has 5 rings (SSSR count). The molecule has 4 aromatic rings. The third-order valence-electron chi connectivity index (χ3n) is 5.69. The van der Waals surface area contributed by atoms with Crippen molar-refractivity contribution in [1.29, 1.82) is 0 Å². The number of aromatic nitrogens is 1. The predicted octanol–water partition coefficient (Wildman–Crippen LogP) is 5.21. The van der Waals surface area contributed by atoms with Crippen LogP contribution in [0.25, 0.3) is 21.3 Å². The van der Waals surface area contributed by atoms with Crippen LogP contribution < -0.4 is 0 Å². The van der Waals surface area contributed by atoms with Crippen LogP contribution in [0.4, 0.5) is 0 Å². The van der Waals surface area contributed by atoms with E-state index in [2.05, 4.69) is 4.98 Å². The number of thiazole rings is 1. The third-order valence-corrected chi connectivity index (χ3v) is 6.83. The summed E-state index contributed by atoms with van der Waals surface area (Å²) in [7, 11) is 0. The Balaban J connectivity index is 1.26. The van der Waals surface area contributed by atoms with E-state index in [1.807, 2.05) is 71.6 Å². The fourth-order valence-corrected chi connectivity index (χ4v) is 4.88. The molecule has 0 radical (unpaired) electrons. The van der Waals surface area contributed by atoms with E-state index < -0.39 is 0 Å². The van der Waals surface area contributed by atoms with Gasteiger partial charge in [0.05, 0.1) is 0 Å². The molecule has 7 heteroatoms. The van der Waals surface area contributed by atoms with Gasteiger partial charge in [0.2, 0.25) is 0 Å². The molecule has 2 heterocycles. The molecule has 0 atom stereocenters. The van der Waals surface area contributed by atoms with Gasteiger partial charge >= 0.3 is 0 Å². The van der Waals surface area contributed by atoms with Crippen molar-refractivity contribution in [3.63, 3.8) is 0 Å². The lowest BCUT2D eigenvalue weighted by Gasteiger charge is -2.34. The maximum absolute atomic E-state index is 13.1. The van der Waals surface area contributed by atoms with Crippen molar-refractivity contribution < 1.29 is 9.59 Å². The van der Waals surface area contributed by atoms with E-state index in [-0.39, 0.29) is 11.8 Å². The van der Waals surface area contributed by atoms with Gasteiger partial charge in [0.1, 0.15) is 10.7 Å². The number of rotatable bonds is 3. The molecule has 0 N–H and O–H groups in total. The number of piperazine rings is 1.